The highest BCUT2D eigenvalue weighted by Gasteiger charge is 2.23. The van der Waals surface area contributed by atoms with Gasteiger partial charge in [0.1, 0.15) is 11.9 Å². The highest BCUT2D eigenvalue weighted by molar-refractivity contribution is 5.36. The average molecular weight is 246 g/mol. The number of rotatable bonds is 3. The molecule has 1 saturated heterocycles. The molecule has 1 fully saturated rings. The van der Waals surface area contributed by atoms with Crippen molar-refractivity contribution in [3.05, 3.63) is 35.1 Å². The van der Waals surface area contributed by atoms with Crippen LogP contribution in [0.5, 0.6) is 0 Å². The maximum Gasteiger partial charge on any atom is 0.144 e. The highest BCUT2D eigenvalue weighted by Crippen LogP contribution is 2.30. The molecule has 0 aromatic heterocycles. The Labute approximate surface area is 108 Å². The molecule has 1 aromatic rings. The van der Waals surface area contributed by atoms with Crippen LogP contribution in [0.15, 0.2) is 18.2 Å². The van der Waals surface area contributed by atoms with Crippen LogP contribution < -0.4 is 0 Å². The quantitative estimate of drug-likeness (QED) is 0.818. The van der Waals surface area contributed by atoms with E-state index in [-0.39, 0.29) is 17.3 Å². The lowest BCUT2D eigenvalue weighted by Crippen LogP contribution is -2.33. The van der Waals surface area contributed by atoms with E-state index in [2.05, 4.69) is 11.8 Å². The SMILES string of the molecule is CCCN1CCC(c2cccc(C#N)c2F)CC1. The third-order valence-corrected chi connectivity index (χ3v) is 3.72. The van der Waals surface area contributed by atoms with Crippen molar-refractivity contribution in [2.24, 2.45) is 0 Å². The van der Waals surface area contributed by atoms with Crippen LogP contribution in [0.3, 0.4) is 0 Å². The maximum atomic E-state index is 14.1. The molecule has 0 N–H and O–H groups in total. The molecule has 1 heterocycles. The summed E-state index contributed by atoms with van der Waals surface area (Å²) >= 11 is 0. The van der Waals surface area contributed by atoms with Gasteiger partial charge in [-0.2, -0.15) is 5.26 Å². The summed E-state index contributed by atoms with van der Waals surface area (Å²) < 4.78 is 14.1. The van der Waals surface area contributed by atoms with Gasteiger partial charge in [-0.25, -0.2) is 4.39 Å². The first kappa shape index (κ1) is 13.0. The predicted molar refractivity (Wildman–Crippen MR) is 69.8 cm³/mol. The molecule has 0 unspecified atom stereocenters. The van der Waals surface area contributed by atoms with Gasteiger partial charge >= 0.3 is 0 Å². The topological polar surface area (TPSA) is 27.0 Å². The summed E-state index contributed by atoms with van der Waals surface area (Å²) in [5.41, 5.74) is 0.897. The molecule has 2 rings (SSSR count). The summed E-state index contributed by atoms with van der Waals surface area (Å²) in [4.78, 5) is 2.43. The lowest BCUT2D eigenvalue weighted by atomic mass is 9.88. The molecule has 18 heavy (non-hydrogen) atoms. The van der Waals surface area contributed by atoms with Gasteiger partial charge in [-0.05, 0) is 56.4 Å². The molecule has 1 aliphatic heterocycles. The zero-order valence-corrected chi connectivity index (χ0v) is 10.8. The third-order valence-electron chi connectivity index (χ3n) is 3.72. The number of halogens is 1. The van der Waals surface area contributed by atoms with E-state index in [1.165, 1.54) is 6.42 Å². The number of benzene rings is 1. The Balaban J connectivity index is 2.08. The fraction of sp³-hybridized carbons (Fsp3) is 0.533. The van der Waals surface area contributed by atoms with E-state index in [1.54, 1.807) is 12.1 Å². The first-order valence-corrected chi connectivity index (χ1v) is 6.67. The maximum absolute atomic E-state index is 14.1. The second-order valence-electron chi connectivity index (χ2n) is 4.94. The van der Waals surface area contributed by atoms with Crippen LogP contribution in [-0.4, -0.2) is 24.5 Å². The van der Waals surface area contributed by atoms with Gasteiger partial charge in [0.2, 0.25) is 0 Å². The van der Waals surface area contributed by atoms with Crippen LogP contribution in [0.4, 0.5) is 4.39 Å². The molecule has 1 aliphatic rings. The van der Waals surface area contributed by atoms with E-state index in [0.717, 1.165) is 38.0 Å². The van der Waals surface area contributed by atoms with Gasteiger partial charge in [0, 0.05) is 0 Å². The van der Waals surface area contributed by atoms with Crippen molar-refractivity contribution < 1.29 is 4.39 Å². The Kier molecular flexibility index (Phi) is 4.33. The van der Waals surface area contributed by atoms with Crippen molar-refractivity contribution in [2.75, 3.05) is 19.6 Å². The fourth-order valence-electron chi connectivity index (χ4n) is 2.74. The summed E-state index contributed by atoms with van der Waals surface area (Å²) in [5, 5.41) is 8.86. The largest absolute Gasteiger partial charge is 0.303 e. The van der Waals surface area contributed by atoms with E-state index < -0.39 is 0 Å². The van der Waals surface area contributed by atoms with Crippen LogP contribution in [0.2, 0.25) is 0 Å². The van der Waals surface area contributed by atoms with Gasteiger partial charge in [0.25, 0.3) is 0 Å². The van der Waals surface area contributed by atoms with Crippen molar-refractivity contribution in [3.63, 3.8) is 0 Å². The number of nitrogens with zero attached hydrogens (tertiary/aromatic N) is 2. The standard InChI is InChI=1S/C15H19FN2/c1-2-8-18-9-6-12(7-10-18)14-5-3-4-13(11-17)15(14)16/h3-5,12H,2,6-10H2,1H3. The number of hydrogen-bond acceptors (Lipinski definition) is 2. The predicted octanol–water partition coefficient (Wildman–Crippen LogP) is 3.29. The molecule has 0 amide bonds. The Bertz CT molecular complexity index is 442. The normalized spacial score (nSPS) is 17.6. The first-order valence-electron chi connectivity index (χ1n) is 6.67. The van der Waals surface area contributed by atoms with Crippen molar-refractivity contribution >= 4 is 0 Å². The zero-order valence-electron chi connectivity index (χ0n) is 10.8. The van der Waals surface area contributed by atoms with E-state index >= 15 is 0 Å². The van der Waals surface area contributed by atoms with Crippen molar-refractivity contribution in [1.29, 1.82) is 5.26 Å². The molecule has 2 nitrogen and oxygen atoms in total. The monoisotopic (exact) mass is 246 g/mol. The number of piperidine rings is 1. The number of nitriles is 1. The smallest absolute Gasteiger partial charge is 0.144 e. The van der Waals surface area contributed by atoms with Crippen molar-refractivity contribution in [2.45, 2.75) is 32.1 Å². The third kappa shape index (κ3) is 2.70. The van der Waals surface area contributed by atoms with Gasteiger partial charge in [-0.1, -0.05) is 19.1 Å². The molecule has 1 aromatic carbocycles. The van der Waals surface area contributed by atoms with Crippen LogP contribution in [0, 0.1) is 17.1 Å². The summed E-state index contributed by atoms with van der Waals surface area (Å²) in [7, 11) is 0. The molecular weight excluding hydrogens is 227 g/mol. The summed E-state index contributed by atoms with van der Waals surface area (Å²) in [6.45, 7) is 5.39. The summed E-state index contributed by atoms with van der Waals surface area (Å²) in [5.74, 6) is -0.0413. The van der Waals surface area contributed by atoms with E-state index in [4.69, 9.17) is 5.26 Å². The van der Waals surface area contributed by atoms with Gasteiger partial charge in [0.05, 0.1) is 5.56 Å². The first-order chi connectivity index (χ1) is 8.76. The van der Waals surface area contributed by atoms with Crippen molar-refractivity contribution in [1.82, 2.24) is 4.90 Å². The lowest BCUT2D eigenvalue weighted by molar-refractivity contribution is 0.211. The molecule has 0 atom stereocenters. The van der Waals surface area contributed by atoms with Crippen LogP contribution in [-0.2, 0) is 0 Å². The second-order valence-corrected chi connectivity index (χ2v) is 4.94. The number of hydrogen-bond donors (Lipinski definition) is 0. The van der Waals surface area contributed by atoms with Crippen LogP contribution >= 0.6 is 0 Å². The average Bonchev–Trinajstić information content (AvgIpc) is 2.41. The second kappa shape index (κ2) is 5.97. The minimum Gasteiger partial charge on any atom is -0.303 e. The number of likely N-dealkylation sites (tertiary alicyclic amines) is 1. The molecule has 0 aliphatic carbocycles. The molecular formula is C15H19FN2. The summed E-state index contributed by atoms with van der Waals surface area (Å²) in [6.07, 6.45) is 3.15. The lowest BCUT2D eigenvalue weighted by Gasteiger charge is -2.32. The van der Waals surface area contributed by atoms with Crippen molar-refractivity contribution in [3.8, 4) is 6.07 Å². The molecule has 0 spiro atoms. The van der Waals surface area contributed by atoms with Gasteiger partial charge in [-0.15, -0.1) is 0 Å². The Hall–Kier alpha value is -1.40. The zero-order chi connectivity index (χ0) is 13.0. The molecule has 3 heteroatoms. The minimum absolute atomic E-state index is 0.170. The molecule has 96 valence electrons. The molecule has 0 radical (unpaired) electrons. The molecule has 0 saturated carbocycles. The Morgan fingerprint density at radius 2 is 2.11 bits per heavy atom. The van der Waals surface area contributed by atoms with Gasteiger partial charge in [0.15, 0.2) is 0 Å². The Morgan fingerprint density at radius 3 is 2.72 bits per heavy atom. The molecule has 0 bridgehead atoms. The van der Waals surface area contributed by atoms with E-state index in [0.29, 0.717) is 0 Å². The van der Waals surface area contributed by atoms with Gasteiger partial charge in [-0.3, -0.25) is 0 Å². The van der Waals surface area contributed by atoms with E-state index in [1.807, 2.05) is 12.1 Å². The van der Waals surface area contributed by atoms with Crippen LogP contribution in [0.25, 0.3) is 0 Å². The summed E-state index contributed by atoms with van der Waals surface area (Å²) in [6, 6.07) is 7.08. The Morgan fingerprint density at radius 1 is 1.39 bits per heavy atom. The fourth-order valence-corrected chi connectivity index (χ4v) is 2.74. The van der Waals surface area contributed by atoms with E-state index in [9.17, 15) is 4.39 Å². The minimum atomic E-state index is -0.311. The highest BCUT2D eigenvalue weighted by atomic mass is 19.1. The van der Waals surface area contributed by atoms with Crippen LogP contribution in [0.1, 0.15) is 43.2 Å². The van der Waals surface area contributed by atoms with Gasteiger partial charge < -0.3 is 4.90 Å².